The van der Waals surface area contributed by atoms with Gasteiger partial charge in [-0.1, -0.05) is 12.8 Å². The molecule has 4 rings (SSSR count). The number of likely N-dealkylation sites (tertiary alicyclic amines) is 2. The normalized spacial score (nSPS) is 37.6. The highest BCUT2D eigenvalue weighted by Crippen LogP contribution is 2.56. The summed E-state index contributed by atoms with van der Waals surface area (Å²) in [6, 6.07) is 0. The third-order valence-corrected chi connectivity index (χ3v) is 6.27. The van der Waals surface area contributed by atoms with Gasteiger partial charge in [0.05, 0.1) is 11.8 Å². The van der Waals surface area contributed by atoms with E-state index in [2.05, 4.69) is 0 Å². The molecular formula is C17H24N2O3. The average molecular weight is 304 g/mol. The van der Waals surface area contributed by atoms with Crippen LogP contribution in [0, 0.1) is 23.7 Å². The molecule has 0 aromatic rings. The van der Waals surface area contributed by atoms with Crippen molar-refractivity contribution in [3.05, 3.63) is 0 Å². The van der Waals surface area contributed by atoms with Gasteiger partial charge in [0.15, 0.2) is 0 Å². The molecule has 0 unspecified atom stereocenters. The fraction of sp³-hybridized carbons (Fsp3) is 0.824. The van der Waals surface area contributed by atoms with E-state index in [-0.39, 0.29) is 36.1 Å². The first kappa shape index (κ1) is 14.2. The average Bonchev–Trinajstić information content (AvgIpc) is 3.09. The Balaban J connectivity index is 1.46. The highest BCUT2D eigenvalue weighted by Gasteiger charge is 2.61. The summed E-state index contributed by atoms with van der Waals surface area (Å²) >= 11 is 0. The van der Waals surface area contributed by atoms with Crippen molar-refractivity contribution >= 4 is 17.7 Å². The van der Waals surface area contributed by atoms with Crippen LogP contribution in [-0.2, 0) is 14.4 Å². The summed E-state index contributed by atoms with van der Waals surface area (Å²) in [4.78, 5) is 40.8. The Morgan fingerprint density at radius 3 is 2.00 bits per heavy atom. The molecule has 0 aromatic carbocycles. The van der Waals surface area contributed by atoms with E-state index in [1.807, 2.05) is 4.90 Å². The topological polar surface area (TPSA) is 57.7 Å². The summed E-state index contributed by atoms with van der Waals surface area (Å²) in [7, 11) is 0. The SMILES string of the molecule is O=C(CN1C(=O)[C@H]2[C@H]3CC[C@@H](C3)[C@@H]2C1=O)N1CCCCCC1. The maximum atomic E-state index is 12.6. The molecule has 120 valence electrons. The summed E-state index contributed by atoms with van der Waals surface area (Å²) in [5, 5.41) is 0. The summed E-state index contributed by atoms with van der Waals surface area (Å²) in [5.41, 5.74) is 0. The molecular weight excluding hydrogens is 280 g/mol. The lowest BCUT2D eigenvalue weighted by atomic mass is 9.81. The molecule has 2 heterocycles. The zero-order valence-corrected chi connectivity index (χ0v) is 13.0. The third kappa shape index (κ3) is 2.09. The number of amides is 3. The first-order chi connectivity index (χ1) is 10.7. The van der Waals surface area contributed by atoms with Crippen molar-refractivity contribution in [3.63, 3.8) is 0 Å². The van der Waals surface area contributed by atoms with Gasteiger partial charge in [0.2, 0.25) is 17.7 Å². The van der Waals surface area contributed by atoms with Crippen molar-refractivity contribution in [2.45, 2.75) is 44.9 Å². The lowest BCUT2D eigenvalue weighted by molar-refractivity contribution is -0.147. The smallest absolute Gasteiger partial charge is 0.242 e. The molecule has 4 atom stereocenters. The van der Waals surface area contributed by atoms with Crippen LogP contribution in [0.2, 0.25) is 0 Å². The molecule has 5 heteroatoms. The molecule has 2 saturated heterocycles. The Labute approximate surface area is 131 Å². The molecule has 0 N–H and O–H groups in total. The molecule has 0 aromatic heterocycles. The van der Waals surface area contributed by atoms with Gasteiger partial charge in [0.1, 0.15) is 6.54 Å². The quantitative estimate of drug-likeness (QED) is 0.725. The molecule has 4 aliphatic rings. The standard InChI is InChI=1S/C17H24N2O3/c20-13(18-7-3-1-2-4-8-18)10-19-16(21)14-11-5-6-12(9-11)15(14)17(19)22/h11-12,14-15H,1-10H2/t11-,12-,14-,15-/m0/s1. The summed E-state index contributed by atoms with van der Waals surface area (Å²) in [6.07, 6.45) is 7.60. The van der Waals surface area contributed by atoms with E-state index in [1.165, 1.54) is 17.7 Å². The zero-order valence-electron chi connectivity index (χ0n) is 13.0. The Hall–Kier alpha value is -1.39. The van der Waals surface area contributed by atoms with Crippen molar-refractivity contribution in [1.82, 2.24) is 9.80 Å². The summed E-state index contributed by atoms with van der Waals surface area (Å²) < 4.78 is 0. The van der Waals surface area contributed by atoms with E-state index in [0.717, 1.165) is 45.2 Å². The number of hydrogen-bond donors (Lipinski definition) is 0. The van der Waals surface area contributed by atoms with E-state index < -0.39 is 0 Å². The molecule has 0 spiro atoms. The number of carbonyl (C=O) groups excluding carboxylic acids is 3. The van der Waals surface area contributed by atoms with Crippen LogP contribution in [0.5, 0.6) is 0 Å². The summed E-state index contributed by atoms with van der Waals surface area (Å²) in [5.74, 6) is 0.396. The lowest BCUT2D eigenvalue weighted by Gasteiger charge is -2.24. The van der Waals surface area contributed by atoms with Crippen molar-refractivity contribution in [2.75, 3.05) is 19.6 Å². The van der Waals surface area contributed by atoms with E-state index in [4.69, 9.17) is 0 Å². The van der Waals surface area contributed by atoms with Gasteiger partial charge in [-0.05, 0) is 43.9 Å². The van der Waals surface area contributed by atoms with Gasteiger partial charge in [0.25, 0.3) is 0 Å². The number of fused-ring (bicyclic) bond motifs is 5. The molecule has 2 bridgehead atoms. The third-order valence-electron chi connectivity index (χ3n) is 6.27. The van der Waals surface area contributed by atoms with Gasteiger partial charge in [-0.15, -0.1) is 0 Å². The maximum absolute atomic E-state index is 12.6. The Morgan fingerprint density at radius 1 is 0.909 bits per heavy atom. The molecule has 2 aliphatic heterocycles. The monoisotopic (exact) mass is 304 g/mol. The maximum Gasteiger partial charge on any atom is 0.242 e. The van der Waals surface area contributed by atoms with E-state index in [9.17, 15) is 14.4 Å². The number of imide groups is 1. The fourth-order valence-corrected chi connectivity index (χ4v) is 5.18. The van der Waals surface area contributed by atoms with Crippen LogP contribution in [0.4, 0.5) is 0 Å². The Morgan fingerprint density at radius 2 is 1.45 bits per heavy atom. The molecule has 22 heavy (non-hydrogen) atoms. The highest BCUT2D eigenvalue weighted by molar-refractivity contribution is 6.08. The zero-order chi connectivity index (χ0) is 15.3. The van der Waals surface area contributed by atoms with Crippen LogP contribution < -0.4 is 0 Å². The Bertz CT molecular complexity index is 482. The van der Waals surface area contributed by atoms with Gasteiger partial charge in [-0.2, -0.15) is 0 Å². The molecule has 5 nitrogen and oxygen atoms in total. The van der Waals surface area contributed by atoms with Crippen LogP contribution in [0.1, 0.15) is 44.9 Å². The second-order valence-electron chi connectivity index (χ2n) is 7.44. The molecule has 2 saturated carbocycles. The van der Waals surface area contributed by atoms with Gasteiger partial charge in [-0.25, -0.2) is 0 Å². The van der Waals surface area contributed by atoms with Crippen molar-refractivity contribution in [2.24, 2.45) is 23.7 Å². The molecule has 3 amide bonds. The van der Waals surface area contributed by atoms with Crippen LogP contribution in [0.25, 0.3) is 0 Å². The number of nitrogens with zero attached hydrogens (tertiary/aromatic N) is 2. The van der Waals surface area contributed by atoms with Gasteiger partial charge < -0.3 is 4.90 Å². The number of hydrogen-bond acceptors (Lipinski definition) is 3. The van der Waals surface area contributed by atoms with Gasteiger partial charge in [0, 0.05) is 13.1 Å². The molecule has 2 aliphatic carbocycles. The van der Waals surface area contributed by atoms with E-state index in [0.29, 0.717) is 11.8 Å². The van der Waals surface area contributed by atoms with Gasteiger partial charge in [-0.3, -0.25) is 19.3 Å². The molecule has 4 fully saturated rings. The van der Waals surface area contributed by atoms with E-state index in [1.54, 1.807) is 0 Å². The van der Waals surface area contributed by atoms with Crippen LogP contribution in [0.15, 0.2) is 0 Å². The van der Waals surface area contributed by atoms with Crippen LogP contribution in [-0.4, -0.2) is 47.2 Å². The highest BCUT2D eigenvalue weighted by atomic mass is 16.2. The minimum atomic E-state index is -0.108. The molecule has 0 radical (unpaired) electrons. The predicted molar refractivity (Wildman–Crippen MR) is 79.6 cm³/mol. The Kier molecular flexibility index (Phi) is 3.46. The number of rotatable bonds is 2. The lowest BCUT2D eigenvalue weighted by Crippen LogP contribution is -2.44. The number of carbonyl (C=O) groups is 3. The van der Waals surface area contributed by atoms with Crippen molar-refractivity contribution < 1.29 is 14.4 Å². The van der Waals surface area contributed by atoms with Crippen molar-refractivity contribution in [1.29, 1.82) is 0 Å². The van der Waals surface area contributed by atoms with Crippen LogP contribution in [0.3, 0.4) is 0 Å². The van der Waals surface area contributed by atoms with Crippen LogP contribution >= 0.6 is 0 Å². The fourth-order valence-electron chi connectivity index (χ4n) is 5.18. The minimum Gasteiger partial charge on any atom is -0.341 e. The first-order valence-corrected chi connectivity index (χ1v) is 8.80. The van der Waals surface area contributed by atoms with Gasteiger partial charge >= 0.3 is 0 Å². The summed E-state index contributed by atoms with van der Waals surface area (Å²) in [6.45, 7) is 1.52. The first-order valence-electron chi connectivity index (χ1n) is 8.80. The van der Waals surface area contributed by atoms with Crippen molar-refractivity contribution in [3.8, 4) is 0 Å². The second kappa shape index (κ2) is 5.36. The minimum absolute atomic E-state index is 0.0237. The second-order valence-corrected chi connectivity index (χ2v) is 7.44. The predicted octanol–water partition coefficient (Wildman–Crippen LogP) is 1.42. The van der Waals surface area contributed by atoms with E-state index >= 15 is 0 Å². The largest absolute Gasteiger partial charge is 0.341 e.